The Bertz CT molecular complexity index is 623. The van der Waals surface area contributed by atoms with E-state index in [1.165, 1.54) is 6.07 Å². The molecule has 0 saturated carbocycles. The highest BCUT2D eigenvalue weighted by Crippen LogP contribution is 2.18. The summed E-state index contributed by atoms with van der Waals surface area (Å²) in [6.45, 7) is 1.81. The SMILES string of the molecule is Cc1ccc(C(=O)c2ccc(F)cc2F)cc1N. The van der Waals surface area contributed by atoms with Gasteiger partial charge in [0.15, 0.2) is 5.78 Å². The Morgan fingerprint density at radius 3 is 2.44 bits per heavy atom. The van der Waals surface area contributed by atoms with Crippen molar-refractivity contribution in [3.05, 3.63) is 64.7 Å². The maximum Gasteiger partial charge on any atom is 0.196 e. The van der Waals surface area contributed by atoms with Crippen LogP contribution in [0.4, 0.5) is 14.5 Å². The summed E-state index contributed by atoms with van der Waals surface area (Å²) < 4.78 is 26.2. The number of rotatable bonds is 2. The van der Waals surface area contributed by atoms with Crippen molar-refractivity contribution in [1.29, 1.82) is 0 Å². The van der Waals surface area contributed by atoms with E-state index in [9.17, 15) is 13.6 Å². The fourth-order valence-electron chi connectivity index (χ4n) is 1.61. The molecular weight excluding hydrogens is 236 g/mol. The molecule has 0 aliphatic carbocycles. The molecule has 0 fully saturated rings. The van der Waals surface area contributed by atoms with Crippen LogP contribution in [0.5, 0.6) is 0 Å². The highest BCUT2D eigenvalue weighted by molar-refractivity contribution is 6.09. The lowest BCUT2D eigenvalue weighted by molar-refractivity contribution is 0.103. The molecule has 0 unspecified atom stereocenters. The van der Waals surface area contributed by atoms with Gasteiger partial charge in [-0.2, -0.15) is 0 Å². The van der Waals surface area contributed by atoms with Crippen molar-refractivity contribution in [3.63, 3.8) is 0 Å². The molecule has 0 radical (unpaired) electrons. The summed E-state index contributed by atoms with van der Waals surface area (Å²) >= 11 is 0. The molecule has 0 spiro atoms. The van der Waals surface area contributed by atoms with Gasteiger partial charge < -0.3 is 5.73 Å². The van der Waals surface area contributed by atoms with Gasteiger partial charge in [0, 0.05) is 17.3 Å². The van der Waals surface area contributed by atoms with Crippen LogP contribution in [-0.4, -0.2) is 5.78 Å². The van der Waals surface area contributed by atoms with E-state index < -0.39 is 17.4 Å². The van der Waals surface area contributed by atoms with Crippen LogP contribution in [0, 0.1) is 18.6 Å². The topological polar surface area (TPSA) is 43.1 Å². The molecule has 2 nitrogen and oxygen atoms in total. The molecule has 0 atom stereocenters. The van der Waals surface area contributed by atoms with E-state index in [1.54, 1.807) is 12.1 Å². The maximum absolute atomic E-state index is 13.5. The van der Waals surface area contributed by atoms with Crippen LogP contribution < -0.4 is 5.73 Å². The summed E-state index contributed by atoms with van der Waals surface area (Å²) in [5, 5.41) is 0. The van der Waals surface area contributed by atoms with E-state index in [0.29, 0.717) is 11.8 Å². The molecule has 0 aliphatic rings. The summed E-state index contributed by atoms with van der Waals surface area (Å²) in [4.78, 5) is 12.0. The molecule has 2 N–H and O–H groups in total. The van der Waals surface area contributed by atoms with Crippen LogP contribution in [0.2, 0.25) is 0 Å². The first kappa shape index (κ1) is 12.2. The van der Waals surface area contributed by atoms with Gasteiger partial charge in [-0.05, 0) is 30.7 Å². The van der Waals surface area contributed by atoms with Crippen LogP contribution in [0.25, 0.3) is 0 Å². The normalized spacial score (nSPS) is 10.4. The van der Waals surface area contributed by atoms with Gasteiger partial charge in [0.05, 0.1) is 5.56 Å². The average molecular weight is 247 g/mol. The molecule has 2 aromatic rings. The minimum atomic E-state index is -0.876. The van der Waals surface area contributed by atoms with Crippen molar-refractivity contribution >= 4 is 11.5 Å². The Balaban J connectivity index is 2.44. The second-order valence-corrected chi connectivity index (χ2v) is 4.02. The van der Waals surface area contributed by atoms with E-state index in [1.807, 2.05) is 6.92 Å². The summed E-state index contributed by atoms with van der Waals surface area (Å²) in [5.74, 6) is -2.11. The first-order valence-electron chi connectivity index (χ1n) is 5.35. The lowest BCUT2D eigenvalue weighted by Gasteiger charge is -2.05. The molecule has 2 rings (SSSR count). The average Bonchev–Trinajstić information content (AvgIpc) is 2.32. The van der Waals surface area contributed by atoms with Crippen molar-refractivity contribution in [2.45, 2.75) is 6.92 Å². The van der Waals surface area contributed by atoms with Crippen LogP contribution in [0.1, 0.15) is 21.5 Å². The number of anilines is 1. The van der Waals surface area contributed by atoms with Gasteiger partial charge >= 0.3 is 0 Å². The standard InChI is InChI=1S/C14H11F2NO/c1-8-2-3-9(6-13(8)17)14(18)11-5-4-10(15)7-12(11)16/h2-7H,17H2,1H3. The number of carbonyl (C=O) groups excluding carboxylic acids is 1. The first-order valence-corrected chi connectivity index (χ1v) is 5.35. The molecule has 18 heavy (non-hydrogen) atoms. The third kappa shape index (κ3) is 2.22. The van der Waals surface area contributed by atoms with Gasteiger partial charge in [0.25, 0.3) is 0 Å². The Kier molecular flexibility index (Phi) is 3.10. The van der Waals surface area contributed by atoms with Crippen molar-refractivity contribution in [1.82, 2.24) is 0 Å². The molecule has 0 amide bonds. The van der Waals surface area contributed by atoms with E-state index in [0.717, 1.165) is 17.7 Å². The molecule has 0 aliphatic heterocycles. The lowest BCUT2D eigenvalue weighted by Crippen LogP contribution is -2.05. The number of ketones is 1. The number of nitrogens with two attached hydrogens (primary N) is 1. The lowest BCUT2D eigenvalue weighted by atomic mass is 10.0. The second-order valence-electron chi connectivity index (χ2n) is 4.02. The van der Waals surface area contributed by atoms with Gasteiger partial charge in [0.2, 0.25) is 0 Å². The third-order valence-electron chi connectivity index (χ3n) is 2.72. The number of hydrogen-bond donors (Lipinski definition) is 1. The van der Waals surface area contributed by atoms with Crippen LogP contribution in [0.3, 0.4) is 0 Å². The van der Waals surface area contributed by atoms with Gasteiger partial charge in [-0.1, -0.05) is 12.1 Å². The van der Waals surface area contributed by atoms with E-state index in [4.69, 9.17) is 5.73 Å². The van der Waals surface area contributed by atoms with Gasteiger partial charge in [0.1, 0.15) is 11.6 Å². The largest absolute Gasteiger partial charge is 0.398 e. The Labute approximate surface area is 103 Å². The molecule has 0 heterocycles. The monoisotopic (exact) mass is 247 g/mol. The summed E-state index contributed by atoms with van der Waals surface area (Å²) in [6, 6.07) is 7.60. The fourth-order valence-corrected chi connectivity index (χ4v) is 1.61. The summed E-state index contributed by atoms with van der Waals surface area (Å²) in [6.07, 6.45) is 0. The number of nitrogen functional groups attached to an aromatic ring is 1. The van der Waals surface area contributed by atoms with Gasteiger partial charge in [-0.15, -0.1) is 0 Å². The molecular formula is C14H11F2NO. The predicted molar refractivity (Wildman–Crippen MR) is 65.4 cm³/mol. The zero-order valence-corrected chi connectivity index (χ0v) is 9.71. The first-order chi connectivity index (χ1) is 8.49. The van der Waals surface area contributed by atoms with Crippen molar-refractivity contribution in [2.24, 2.45) is 0 Å². The van der Waals surface area contributed by atoms with E-state index >= 15 is 0 Å². The minimum absolute atomic E-state index is 0.167. The number of carbonyl (C=O) groups is 1. The van der Waals surface area contributed by atoms with Crippen LogP contribution in [-0.2, 0) is 0 Å². The number of halogens is 2. The number of hydrogen-bond acceptors (Lipinski definition) is 2. The van der Waals surface area contributed by atoms with Crippen molar-refractivity contribution in [2.75, 3.05) is 5.73 Å². The zero-order valence-electron chi connectivity index (χ0n) is 9.71. The van der Waals surface area contributed by atoms with E-state index in [-0.39, 0.29) is 11.1 Å². The maximum atomic E-state index is 13.5. The molecule has 0 aromatic heterocycles. The quantitative estimate of drug-likeness (QED) is 0.654. The smallest absolute Gasteiger partial charge is 0.196 e. The van der Waals surface area contributed by atoms with Crippen LogP contribution >= 0.6 is 0 Å². The Hall–Kier alpha value is -2.23. The molecule has 92 valence electrons. The molecule has 0 saturated heterocycles. The highest BCUT2D eigenvalue weighted by Gasteiger charge is 2.15. The highest BCUT2D eigenvalue weighted by atomic mass is 19.1. The zero-order chi connectivity index (χ0) is 13.3. The second kappa shape index (κ2) is 4.56. The Morgan fingerprint density at radius 2 is 1.83 bits per heavy atom. The van der Waals surface area contributed by atoms with E-state index in [2.05, 4.69) is 0 Å². The third-order valence-corrected chi connectivity index (χ3v) is 2.72. The molecule has 2 aromatic carbocycles. The summed E-state index contributed by atoms with van der Waals surface area (Å²) in [5.41, 5.74) is 7.11. The van der Waals surface area contributed by atoms with Crippen molar-refractivity contribution < 1.29 is 13.6 Å². The predicted octanol–water partition coefficient (Wildman–Crippen LogP) is 3.09. The molecule has 0 bridgehead atoms. The number of benzene rings is 2. The minimum Gasteiger partial charge on any atom is -0.398 e. The Morgan fingerprint density at radius 1 is 1.11 bits per heavy atom. The van der Waals surface area contributed by atoms with Gasteiger partial charge in [-0.3, -0.25) is 4.79 Å². The number of aryl methyl sites for hydroxylation is 1. The van der Waals surface area contributed by atoms with Crippen LogP contribution in [0.15, 0.2) is 36.4 Å². The summed E-state index contributed by atoms with van der Waals surface area (Å²) in [7, 11) is 0. The van der Waals surface area contributed by atoms with Crippen molar-refractivity contribution in [3.8, 4) is 0 Å². The van der Waals surface area contributed by atoms with Gasteiger partial charge in [-0.25, -0.2) is 8.78 Å². The molecule has 4 heteroatoms. The fraction of sp³-hybridized carbons (Fsp3) is 0.0714.